The molecule has 142 valence electrons. The van der Waals surface area contributed by atoms with Gasteiger partial charge >= 0.3 is 0 Å². The summed E-state index contributed by atoms with van der Waals surface area (Å²) in [6.45, 7) is 9.75. The van der Waals surface area contributed by atoms with Crippen LogP contribution >= 0.6 is 0 Å². The number of halogens is 1. The van der Waals surface area contributed by atoms with Gasteiger partial charge in [-0.15, -0.1) is 17.7 Å². The second-order valence-corrected chi connectivity index (χ2v) is 5.06. The van der Waals surface area contributed by atoms with E-state index in [0.29, 0.717) is 6.42 Å². The molecule has 2 aliphatic rings. The van der Waals surface area contributed by atoms with Crippen LogP contribution in [0, 0.1) is 12.0 Å². The van der Waals surface area contributed by atoms with Crippen molar-refractivity contribution in [1.82, 2.24) is 10.6 Å². The molecule has 1 saturated heterocycles. The molecule has 1 fully saturated rings. The zero-order chi connectivity index (χ0) is 18.7. The van der Waals surface area contributed by atoms with E-state index in [1.54, 1.807) is 13.0 Å². The molecule has 3 amide bonds. The van der Waals surface area contributed by atoms with Crippen LogP contribution in [0.2, 0.25) is 0 Å². The normalized spacial score (nSPS) is 24.7. The van der Waals surface area contributed by atoms with Gasteiger partial charge in [0.25, 0.3) is 0 Å². The standard InChI is InChI=1S/C14H16FN2O3.2C2H6.W/c1-8-3-2-4-9(7-10(8)15)13(19)16-11-5-6-12(18)17-14(11)20;2*1-2;/h2,7-8,10-11H,3,5-6H2,1H3,(H,16,19)(H,17,18,20);2*1-2H3;/q-1;;;. The summed E-state index contributed by atoms with van der Waals surface area (Å²) in [4.78, 5) is 34.6. The van der Waals surface area contributed by atoms with Gasteiger partial charge in [-0.2, -0.15) is 6.08 Å². The second-order valence-electron chi connectivity index (χ2n) is 5.06. The van der Waals surface area contributed by atoms with E-state index in [1.165, 1.54) is 6.08 Å². The van der Waals surface area contributed by atoms with Crippen molar-refractivity contribution in [3.63, 3.8) is 0 Å². The van der Waals surface area contributed by atoms with Crippen molar-refractivity contribution in [3.8, 4) is 0 Å². The maximum absolute atomic E-state index is 13.7. The molecule has 7 heteroatoms. The fourth-order valence-electron chi connectivity index (χ4n) is 2.06. The summed E-state index contributed by atoms with van der Waals surface area (Å²) in [5.74, 6) is -1.63. The van der Waals surface area contributed by atoms with E-state index >= 15 is 0 Å². The van der Waals surface area contributed by atoms with Gasteiger partial charge in [-0.25, -0.2) is 0 Å². The van der Waals surface area contributed by atoms with Crippen LogP contribution in [-0.4, -0.2) is 29.9 Å². The van der Waals surface area contributed by atoms with E-state index in [2.05, 4.69) is 16.7 Å². The molecule has 0 saturated carbocycles. The van der Waals surface area contributed by atoms with E-state index in [9.17, 15) is 18.8 Å². The molecule has 3 atom stereocenters. The van der Waals surface area contributed by atoms with Crippen LogP contribution in [0.1, 0.15) is 53.9 Å². The van der Waals surface area contributed by atoms with E-state index in [-0.39, 0.29) is 51.3 Å². The molecular formula is C18H28FN2O3W-. The first kappa shape index (κ1) is 25.9. The van der Waals surface area contributed by atoms with Crippen molar-refractivity contribution in [2.75, 3.05) is 0 Å². The molecule has 1 aliphatic carbocycles. The molecule has 0 spiro atoms. The molecule has 1 aliphatic heterocycles. The molecule has 2 rings (SSSR count). The Morgan fingerprint density at radius 1 is 1.28 bits per heavy atom. The summed E-state index contributed by atoms with van der Waals surface area (Å²) in [7, 11) is 0. The Balaban J connectivity index is 0. The van der Waals surface area contributed by atoms with Gasteiger partial charge in [0.15, 0.2) is 0 Å². The predicted molar refractivity (Wildman–Crippen MR) is 91.6 cm³/mol. The van der Waals surface area contributed by atoms with E-state index < -0.39 is 24.0 Å². The Bertz CT molecular complexity index is 507. The van der Waals surface area contributed by atoms with Crippen molar-refractivity contribution in [2.45, 2.75) is 66.1 Å². The third-order valence-electron chi connectivity index (χ3n) is 3.41. The maximum Gasteiger partial charge on any atom is 0.248 e. The SMILES string of the molecule is CC.CC.CC1CC=[C-]C(C(=O)NC2CCC(=O)NC2=O)=CC1F.[W]. The van der Waals surface area contributed by atoms with Crippen LogP contribution in [0.15, 0.2) is 17.7 Å². The Hall–Kier alpha value is -1.29. The summed E-state index contributed by atoms with van der Waals surface area (Å²) >= 11 is 0. The van der Waals surface area contributed by atoms with Crippen molar-refractivity contribution >= 4 is 17.7 Å². The summed E-state index contributed by atoms with van der Waals surface area (Å²) < 4.78 is 13.7. The smallest absolute Gasteiger partial charge is 0.248 e. The quantitative estimate of drug-likeness (QED) is 0.432. The molecular weight excluding hydrogens is 495 g/mol. The third kappa shape index (κ3) is 8.57. The second kappa shape index (κ2) is 13.9. The maximum atomic E-state index is 13.7. The van der Waals surface area contributed by atoms with Crippen LogP contribution in [0.4, 0.5) is 4.39 Å². The fraction of sp³-hybridized carbons (Fsp3) is 0.611. The summed E-state index contributed by atoms with van der Waals surface area (Å²) in [5.41, 5.74) is 0.0894. The van der Waals surface area contributed by atoms with Gasteiger partial charge in [0.2, 0.25) is 11.8 Å². The minimum atomic E-state index is -1.22. The average Bonchev–Trinajstić information content (AvgIpc) is 2.75. The van der Waals surface area contributed by atoms with E-state index in [1.807, 2.05) is 27.7 Å². The monoisotopic (exact) mass is 523 g/mol. The molecule has 2 N–H and O–H groups in total. The van der Waals surface area contributed by atoms with E-state index in [4.69, 9.17) is 0 Å². The van der Waals surface area contributed by atoms with Crippen LogP contribution in [-0.2, 0) is 35.4 Å². The number of amides is 3. The largest absolute Gasteiger partial charge is 0.394 e. The number of alkyl halides is 1. The molecule has 0 aromatic heterocycles. The van der Waals surface area contributed by atoms with Gasteiger partial charge in [-0.3, -0.25) is 19.3 Å². The molecule has 0 radical (unpaired) electrons. The Kier molecular flexibility index (Phi) is 14.5. The van der Waals surface area contributed by atoms with Gasteiger partial charge in [-0.05, 0) is 18.8 Å². The molecule has 1 heterocycles. The topological polar surface area (TPSA) is 75.3 Å². The van der Waals surface area contributed by atoms with Crippen molar-refractivity contribution < 1.29 is 39.8 Å². The number of carbonyl (C=O) groups is 3. The van der Waals surface area contributed by atoms with Gasteiger partial charge in [0, 0.05) is 27.5 Å². The zero-order valence-corrected chi connectivity index (χ0v) is 18.5. The molecule has 3 unspecified atom stereocenters. The number of nitrogens with one attached hydrogen (secondary N) is 2. The molecule has 25 heavy (non-hydrogen) atoms. The molecule has 0 aromatic carbocycles. The average molecular weight is 523 g/mol. The summed E-state index contributed by atoms with van der Waals surface area (Å²) in [6, 6.07) is -0.762. The molecule has 0 bridgehead atoms. The first-order valence-corrected chi connectivity index (χ1v) is 8.56. The zero-order valence-electron chi connectivity index (χ0n) is 15.5. The summed E-state index contributed by atoms with van der Waals surface area (Å²) in [6.07, 6.45) is 5.30. The third-order valence-corrected chi connectivity index (χ3v) is 3.41. The van der Waals surface area contributed by atoms with Crippen LogP contribution in [0.5, 0.6) is 0 Å². The number of hydrogen-bond donors (Lipinski definition) is 2. The van der Waals surface area contributed by atoms with Crippen molar-refractivity contribution in [2.24, 2.45) is 5.92 Å². The van der Waals surface area contributed by atoms with Crippen LogP contribution in [0.25, 0.3) is 0 Å². The molecule has 0 aromatic rings. The first-order valence-electron chi connectivity index (χ1n) is 8.56. The number of hydrogen-bond acceptors (Lipinski definition) is 3. The van der Waals surface area contributed by atoms with Gasteiger partial charge in [-0.1, -0.05) is 34.6 Å². The predicted octanol–water partition coefficient (Wildman–Crippen LogP) is 2.62. The number of carbonyl (C=O) groups excluding carboxylic acids is 3. The number of piperidine rings is 1. The summed E-state index contributed by atoms with van der Waals surface area (Å²) in [5, 5.41) is 4.65. The number of allylic oxidation sites excluding steroid dienone is 2. The van der Waals surface area contributed by atoms with E-state index in [0.717, 1.165) is 0 Å². The number of rotatable bonds is 2. The van der Waals surface area contributed by atoms with Gasteiger partial charge in [0.1, 0.15) is 5.91 Å². The van der Waals surface area contributed by atoms with Crippen molar-refractivity contribution in [3.05, 3.63) is 23.8 Å². The fourth-order valence-corrected chi connectivity index (χ4v) is 2.06. The molecule has 5 nitrogen and oxygen atoms in total. The first-order chi connectivity index (χ1) is 11.5. The Morgan fingerprint density at radius 3 is 2.44 bits per heavy atom. The van der Waals surface area contributed by atoms with Crippen LogP contribution in [0.3, 0.4) is 0 Å². The van der Waals surface area contributed by atoms with Gasteiger partial charge in [0.05, 0.1) is 12.2 Å². The minimum absolute atomic E-state index is 0. The number of imide groups is 1. The minimum Gasteiger partial charge on any atom is -0.394 e. The van der Waals surface area contributed by atoms with Gasteiger partial charge < -0.3 is 10.1 Å². The van der Waals surface area contributed by atoms with Crippen molar-refractivity contribution in [1.29, 1.82) is 0 Å². The Morgan fingerprint density at radius 2 is 1.88 bits per heavy atom. The van der Waals surface area contributed by atoms with Crippen LogP contribution < -0.4 is 10.6 Å². The Labute approximate surface area is 164 Å².